The Morgan fingerprint density at radius 1 is 1.00 bits per heavy atom. The zero-order valence-corrected chi connectivity index (χ0v) is 25.1. The smallest absolute Gasteiger partial charge is 0.416 e. The quantitative estimate of drug-likeness (QED) is 0.248. The zero-order chi connectivity index (χ0) is 31.3. The van der Waals surface area contributed by atoms with Gasteiger partial charge in [0.2, 0.25) is 0 Å². The molecule has 3 rings (SSSR count). The third kappa shape index (κ3) is 9.02. The first-order chi connectivity index (χ1) is 19.4. The molecule has 2 aromatic rings. The number of nitrogens with zero attached hydrogens (tertiary/aromatic N) is 1. The average molecular weight is 592 g/mol. The van der Waals surface area contributed by atoms with E-state index in [2.05, 4.69) is 31.4 Å². The van der Waals surface area contributed by atoms with Crippen LogP contribution in [0.3, 0.4) is 0 Å². The molecule has 42 heavy (non-hydrogen) atoms. The summed E-state index contributed by atoms with van der Waals surface area (Å²) in [7, 11) is 1.57. The van der Waals surface area contributed by atoms with Gasteiger partial charge in [0, 0.05) is 25.7 Å². The van der Waals surface area contributed by atoms with E-state index in [4.69, 9.17) is 5.11 Å². The zero-order valence-electron chi connectivity index (χ0n) is 25.1. The summed E-state index contributed by atoms with van der Waals surface area (Å²) in [6.07, 6.45) is -0.829. The van der Waals surface area contributed by atoms with Crippen molar-refractivity contribution in [3.8, 4) is 0 Å². The highest BCUT2D eigenvalue weighted by atomic mass is 19.4. The van der Waals surface area contributed by atoms with Gasteiger partial charge in [0.15, 0.2) is 0 Å². The van der Waals surface area contributed by atoms with Crippen molar-refractivity contribution in [1.82, 2.24) is 15.5 Å². The van der Waals surface area contributed by atoms with Gasteiger partial charge in [-0.1, -0.05) is 45.0 Å². The summed E-state index contributed by atoms with van der Waals surface area (Å²) in [4.78, 5) is 24.8. The maximum Gasteiger partial charge on any atom is 0.416 e. The standard InChI is InChI=1S/C32H44F3N3O4/c1-29(2,3)24-13-17-31(18-14-24,37-30(4,42)25-7-6-8-26(21-25)32(33,34)35)36-19-15-22-9-11-23(12-10-22)28(41)38(5)20-16-27(39)40/h6-12,21,24,36-37,42H,13-20H2,1-5H3,(H,39,40). The average Bonchev–Trinajstić information content (AvgIpc) is 2.91. The van der Waals surface area contributed by atoms with Gasteiger partial charge in [-0.05, 0) is 85.8 Å². The van der Waals surface area contributed by atoms with Crippen LogP contribution in [0.25, 0.3) is 0 Å². The van der Waals surface area contributed by atoms with E-state index in [9.17, 15) is 27.9 Å². The highest BCUT2D eigenvalue weighted by molar-refractivity contribution is 5.94. The molecule has 0 spiro atoms. The van der Waals surface area contributed by atoms with Gasteiger partial charge in [0.1, 0.15) is 5.72 Å². The second kappa shape index (κ2) is 13.1. The predicted octanol–water partition coefficient (Wildman–Crippen LogP) is 5.77. The number of nitrogens with one attached hydrogen (secondary N) is 2. The maximum atomic E-state index is 13.4. The van der Waals surface area contributed by atoms with Crippen molar-refractivity contribution in [2.75, 3.05) is 20.1 Å². The minimum absolute atomic E-state index is 0.120. The van der Waals surface area contributed by atoms with Crippen LogP contribution in [0.5, 0.6) is 0 Å². The van der Waals surface area contributed by atoms with Crippen LogP contribution < -0.4 is 10.6 Å². The lowest BCUT2D eigenvalue weighted by Gasteiger charge is -2.48. The Morgan fingerprint density at radius 2 is 1.60 bits per heavy atom. The molecule has 0 aromatic heterocycles. The van der Waals surface area contributed by atoms with E-state index in [1.165, 1.54) is 24.0 Å². The van der Waals surface area contributed by atoms with Gasteiger partial charge in [-0.3, -0.25) is 20.2 Å². The number of rotatable bonds is 11. The lowest BCUT2D eigenvalue weighted by Crippen LogP contribution is -2.64. The summed E-state index contributed by atoms with van der Waals surface area (Å²) >= 11 is 0. The Bertz CT molecular complexity index is 1210. The first kappa shape index (κ1) is 33.6. The van der Waals surface area contributed by atoms with Gasteiger partial charge in [0.05, 0.1) is 17.6 Å². The number of carboxylic acids is 1. The molecule has 232 valence electrons. The normalized spacial score (nSPS) is 21.0. The number of aliphatic hydroxyl groups is 1. The topological polar surface area (TPSA) is 102 Å². The van der Waals surface area contributed by atoms with Crippen molar-refractivity contribution in [1.29, 1.82) is 0 Å². The summed E-state index contributed by atoms with van der Waals surface area (Å²) < 4.78 is 40.2. The lowest BCUT2D eigenvalue weighted by molar-refractivity contribution is -0.138. The van der Waals surface area contributed by atoms with Crippen LogP contribution in [-0.2, 0) is 23.1 Å². The molecule has 0 saturated heterocycles. The molecule has 1 aliphatic rings. The van der Waals surface area contributed by atoms with Gasteiger partial charge in [-0.15, -0.1) is 0 Å². The second-order valence-corrected chi connectivity index (χ2v) is 12.7. The molecule has 1 amide bonds. The van der Waals surface area contributed by atoms with E-state index in [0.29, 0.717) is 37.3 Å². The molecule has 1 atom stereocenters. The van der Waals surface area contributed by atoms with Crippen LogP contribution >= 0.6 is 0 Å². The van der Waals surface area contributed by atoms with Crippen molar-refractivity contribution in [3.63, 3.8) is 0 Å². The van der Waals surface area contributed by atoms with Gasteiger partial charge in [0.25, 0.3) is 5.91 Å². The summed E-state index contributed by atoms with van der Waals surface area (Å²) in [6, 6.07) is 11.9. The molecule has 4 N–H and O–H groups in total. The molecular formula is C32H44F3N3O4. The molecule has 0 aliphatic heterocycles. The van der Waals surface area contributed by atoms with Crippen LogP contribution in [-0.4, -0.2) is 52.8 Å². The number of carbonyl (C=O) groups is 2. The Morgan fingerprint density at radius 3 is 2.14 bits per heavy atom. The van der Waals surface area contributed by atoms with E-state index in [0.717, 1.165) is 30.5 Å². The Labute approximate surface area is 246 Å². The van der Waals surface area contributed by atoms with E-state index < -0.39 is 29.1 Å². The summed E-state index contributed by atoms with van der Waals surface area (Å²) in [5, 5.41) is 27.2. The molecule has 2 aromatic carbocycles. The number of carbonyl (C=O) groups excluding carboxylic acids is 1. The van der Waals surface area contributed by atoms with Gasteiger partial charge in [-0.2, -0.15) is 13.2 Å². The number of alkyl halides is 3. The number of benzene rings is 2. The van der Waals surface area contributed by atoms with Gasteiger partial charge in [-0.25, -0.2) is 0 Å². The first-order valence-electron chi connectivity index (χ1n) is 14.4. The molecule has 0 bridgehead atoms. The Hall–Kier alpha value is -2.95. The summed E-state index contributed by atoms with van der Waals surface area (Å²) in [5.74, 6) is -0.740. The SMILES string of the molecule is CN(CCC(=O)O)C(=O)c1ccc(CCNC2(NC(C)(O)c3cccc(C(F)(F)F)c3)CCC(C(C)(C)C)CC2)cc1. The van der Waals surface area contributed by atoms with Crippen molar-refractivity contribution >= 4 is 11.9 Å². The third-order valence-corrected chi connectivity index (χ3v) is 8.38. The minimum atomic E-state index is -4.51. The molecular weight excluding hydrogens is 547 g/mol. The Balaban J connectivity index is 1.72. The van der Waals surface area contributed by atoms with Gasteiger partial charge < -0.3 is 15.1 Å². The maximum absolute atomic E-state index is 13.4. The number of halogens is 3. The molecule has 10 heteroatoms. The third-order valence-electron chi connectivity index (χ3n) is 8.38. The Kier molecular flexibility index (Phi) is 10.5. The van der Waals surface area contributed by atoms with Crippen molar-refractivity contribution < 1.29 is 33.0 Å². The van der Waals surface area contributed by atoms with Crippen LogP contribution in [0, 0.1) is 11.3 Å². The molecule has 7 nitrogen and oxygen atoms in total. The van der Waals surface area contributed by atoms with Crippen LogP contribution in [0.15, 0.2) is 48.5 Å². The molecule has 1 saturated carbocycles. The fraction of sp³-hybridized carbons (Fsp3) is 0.562. The molecule has 1 fully saturated rings. The fourth-order valence-corrected chi connectivity index (χ4v) is 5.70. The van der Waals surface area contributed by atoms with Crippen molar-refractivity contribution in [2.45, 2.75) is 83.8 Å². The number of hydrogen-bond donors (Lipinski definition) is 4. The number of hydrogen-bond acceptors (Lipinski definition) is 5. The highest BCUT2D eigenvalue weighted by Crippen LogP contribution is 2.42. The summed E-state index contributed by atoms with van der Waals surface area (Å²) in [5.41, 5.74) is -1.50. The molecule has 1 aliphatic carbocycles. The fourth-order valence-electron chi connectivity index (χ4n) is 5.70. The molecule has 0 radical (unpaired) electrons. The highest BCUT2D eigenvalue weighted by Gasteiger charge is 2.43. The number of carboxylic acid groups (broad SMARTS) is 1. The van der Waals surface area contributed by atoms with E-state index >= 15 is 0 Å². The van der Waals surface area contributed by atoms with E-state index in [1.54, 1.807) is 19.2 Å². The molecule has 0 heterocycles. The minimum Gasteiger partial charge on any atom is -0.481 e. The van der Waals surface area contributed by atoms with Gasteiger partial charge >= 0.3 is 12.1 Å². The number of aliphatic carboxylic acids is 1. The summed E-state index contributed by atoms with van der Waals surface area (Å²) in [6.45, 7) is 8.78. The van der Waals surface area contributed by atoms with E-state index in [1.807, 2.05) is 12.1 Å². The van der Waals surface area contributed by atoms with Crippen molar-refractivity contribution in [2.24, 2.45) is 11.3 Å². The predicted molar refractivity (Wildman–Crippen MR) is 156 cm³/mol. The van der Waals surface area contributed by atoms with E-state index in [-0.39, 0.29) is 29.9 Å². The first-order valence-corrected chi connectivity index (χ1v) is 14.4. The van der Waals surface area contributed by atoms with Crippen LogP contribution in [0.4, 0.5) is 13.2 Å². The molecule has 1 unspecified atom stereocenters. The van der Waals surface area contributed by atoms with Crippen LogP contribution in [0.1, 0.15) is 86.8 Å². The number of amides is 1. The largest absolute Gasteiger partial charge is 0.481 e. The lowest BCUT2D eigenvalue weighted by atomic mass is 9.69. The van der Waals surface area contributed by atoms with Crippen LogP contribution in [0.2, 0.25) is 0 Å². The monoisotopic (exact) mass is 591 g/mol. The van der Waals surface area contributed by atoms with Crippen molar-refractivity contribution in [3.05, 3.63) is 70.8 Å². The second-order valence-electron chi connectivity index (χ2n) is 12.7.